The van der Waals surface area contributed by atoms with Crippen molar-refractivity contribution >= 4 is 49.2 Å². The summed E-state index contributed by atoms with van der Waals surface area (Å²) >= 11 is 7.67. The zero-order valence-corrected chi connectivity index (χ0v) is 11.0. The molecule has 2 rings (SSSR count). The van der Waals surface area contributed by atoms with E-state index in [-0.39, 0.29) is 5.69 Å². The highest BCUT2D eigenvalue weighted by atomic mass is 79.9. The predicted molar refractivity (Wildman–Crippen MR) is 62.2 cm³/mol. The lowest BCUT2D eigenvalue weighted by Gasteiger charge is -1.92. The van der Waals surface area contributed by atoms with Crippen LogP contribution in [0.2, 0.25) is 0 Å². The van der Waals surface area contributed by atoms with Crippen LogP contribution in [0, 0.1) is 0 Å². The van der Waals surface area contributed by atoms with Crippen molar-refractivity contribution in [2.45, 2.75) is 0 Å². The molecule has 1 N–H and O–H groups in total. The molecule has 0 amide bonds. The summed E-state index contributed by atoms with van der Waals surface area (Å²) < 4.78 is 6.59. The lowest BCUT2D eigenvalue weighted by molar-refractivity contribution is 0.0692. The zero-order chi connectivity index (χ0) is 11.0. The van der Waals surface area contributed by atoms with Crippen LogP contribution in [-0.4, -0.2) is 16.1 Å². The lowest BCUT2D eigenvalue weighted by Crippen LogP contribution is -1.97. The summed E-state index contributed by atoms with van der Waals surface area (Å²) in [5.41, 5.74) is 1.48. The molecule has 0 saturated carbocycles. The topological polar surface area (TPSA) is 63.3 Å². The van der Waals surface area contributed by atoms with Crippen LogP contribution in [0.5, 0.6) is 0 Å². The Bertz CT molecular complexity index is 500. The van der Waals surface area contributed by atoms with E-state index < -0.39 is 5.97 Å². The van der Waals surface area contributed by atoms with Gasteiger partial charge in [0.2, 0.25) is 0 Å². The van der Waals surface area contributed by atoms with Crippen molar-refractivity contribution in [3.05, 3.63) is 26.4 Å². The molecule has 2 aromatic rings. The average Bonchev–Trinajstić information content (AvgIpc) is 2.73. The van der Waals surface area contributed by atoms with Crippen LogP contribution < -0.4 is 0 Å². The molecule has 0 atom stereocenters. The summed E-state index contributed by atoms with van der Waals surface area (Å²) in [5.74, 6) is -0.580. The van der Waals surface area contributed by atoms with E-state index in [1.54, 1.807) is 6.07 Å². The standard InChI is InChI=1S/C8H3Br2NO3S/c9-3-1-4(14-7(3)10)6-5(8(12)13)11-2-15-6/h1-2H,(H,12,13). The van der Waals surface area contributed by atoms with Gasteiger partial charge in [-0.25, -0.2) is 9.78 Å². The van der Waals surface area contributed by atoms with Crippen LogP contribution >= 0.6 is 43.2 Å². The van der Waals surface area contributed by atoms with Gasteiger partial charge in [0.1, 0.15) is 10.6 Å². The normalized spacial score (nSPS) is 10.5. The van der Waals surface area contributed by atoms with Gasteiger partial charge in [0, 0.05) is 6.07 Å². The van der Waals surface area contributed by atoms with Gasteiger partial charge in [0.25, 0.3) is 0 Å². The Labute approximate surface area is 105 Å². The molecule has 0 spiro atoms. The van der Waals surface area contributed by atoms with E-state index in [1.807, 2.05) is 0 Å². The van der Waals surface area contributed by atoms with E-state index in [0.717, 1.165) is 4.47 Å². The smallest absolute Gasteiger partial charge is 0.356 e. The Balaban J connectivity index is 2.54. The minimum atomic E-state index is -1.06. The van der Waals surface area contributed by atoms with Crippen LogP contribution in [0.15, 0.2) is 25.1 Å². The molecule has 0 aliphatic heterocycles. The predicted octanol–water partition coefficient (Wildman–Crippen LogP) is 3.63. The van der Waals surface area contributed by atoms with E-state index in [1.165, 1.54) is 16.8 Å². The molecule has 0 aliphatic carbocycles. The lowest BCUT2D eigenvalue weighted by atomic mass is 10.3. The number of carbonyl (C=O) groups is 1. The fourth-order valence-electron chi connectivity index (χ4n) is 1.03. The molecule has 0 saturated heterocycles. The summed E-state index contributed by atoms with van der Waals surface area (Å²) in [6.07, 6.45) is 0. The second kappa shape index (κ2) is 4.07. The second-order valence-corrected chi connectivity index (χ2v) is 5.00. The Morgan fingerprint density at radius 2 is 2.27 bits per heavy atom. The molecule has 0 fully saturated rings. The van der Waals surface area contributed by atoms with Gasteiger partial charge < -0.3 is 9.52 Å². The van der Waals surface area contributed by atoms with E-state index in [2.05, 4.69) is 36.8 Å². The monoisotopic (exact) mass is 351 g/mol. The molecule has 0 aromatic carbocycles. The number of nitrogens with zero attached hydrogens (tertiary/aromatic N) is 1. The van der Waals surface area contributed by atoms with Crippen LogP contribution in [0.25, 0.3) is 10.6 Å². The van der Waals surface area contributed by atoms with Gasteiger partial charge >= 0.3 is 5.97 Å². The Morgan fingerprint density at radius 3 is 2.80 bits per heavy atom. The highest BCUT2D eigenvalue weighted by Gasteiger charge is 2.19. The third-order valence-electron chi connectivity index (χ3n) is 1.64. The van der Waals surface area contributed by atoms with Crippen LogP contribution in [0.4, 0.5) is 0 Å². The van der Waals surface area contributed by atoms with Gasteiger partial charge in [-0.2, -0.15) is 0 Å². The highest BCUT2D eigenvalue weighted by molar-refractivity contribution is 9.13. The number of carboxylic acids is 1. The van der Waals surface area contributed by atoms with Gasteiger partial charge in [-0.05, 0) is 31.9 Å². The van der Waals surface area contributed by atoms with Crippen molar-refractivity contribution in [2.24, 2.45) is 0 Å². The van der Waals surface area contributed by atoms with E-state index in [9.17, 15) is 4.79 Å². The maximum absolute atomic E-state index is 10.8. The Kier molecular flexibility index (Phi) is 2.94. The molecular weight excluding hydrogens is 350 g/mol. The van der Waals surface area contributed by atoms with Gasteiger partial charge in [-0.15, -0.1) is 11.3 Å². The molecule has 15 heavy (non-hydrogen) atoms. The minimum Gasteiger partial charge on any atom is -0.476 e. The quantitative estimate of drug-likeness (QED) is 0.896. The summed E-state index contributed by atoms with van der Waals surface area (Å²) in [6.45, 7) is 0. The number of rotatable bonds is 2. The summed E-state index contributed by atoms with van der Waals surface area (Å²) in [4.78, 5) is 15.1. The van der Waals surface area contributed by atoms with Gasteiger partial charge in [0.15, 0.2) is 10.4 Å². The number of hydrogen-bond acceptors (Lipinski definition) is 4. The average molecular weight is 353 g/mol. The van der Waals surface area contributed by atoms with Crippen molar-refractivity contribution < 1.29 is 14.3 Å². The van der Waals surface area contributed by atoms with Crippen molar-refractivity contribution in [1.29, 1.82) is 0 Å². The number of hydrogen-bond donors (Lipinski definition) is 1. The first kappa shape index (κ1) is 10.8. The molecule has 78 valence electrons. The number of halogens is 2. The molecule has 4 nitrogen and oxygen atoms in total. The number of carboxylic acid groups (broad SMARTS) is 1. The Morgan fingerprint density at radius 1 is 1.53 bits per heavy atom. The third-order valence-corrected chi connectivity index (χ3v) is 4.19. The van der Waals surface area contributed by atoms with E-state index >= 15 is 0 Å². The van der Waals surface area contributed by atoms with Crippen LogP contribution in [-0.2, 0) is 0 Å². The first-order chi connectivity index (χ1) is 7.09. The summed E-state index contributed by atoms with van der Waals surface area (Å²) in [7, 11) is 0. The molecule has 7 heteroatoms. The summed E-state index contributed by atoms with van der Waals surface area (Å²) in [5, 5.41) is 8.87. The first-order valence-corrected chi connectivity index (χ1v) is 6.18. The molecule has 2 heterocycles. The fraction of sp³-hybridized carbons (Fsp3) is 0. The summed E-state index contributed by atoms with van der Waals surface area (Å²) in [6, 6.07) is 1.70. The highest BCUT2D eigenvalue weighted by Crippen LogP contribution is 2.36. The third kappa shape index (κ3) is 1.99. The van der Waals surface area contributed by atoms with E-state index in [0.29, 0.717) is 15.3 Å². The maximum atomic E-state index is 10.8. The molecule has 0 bridgehead atoms. The van der Waals surface area contributed by atoms with Crippen LogP contribution in [0.3, 0.4) is 0 Å². The largest absolute Gasteiger partial charge is 0.476 e. The fourth-order valence-corrected chi connectivity index (χ4v) is 2.34. The first-order valence-electron chi connectivity index (χ1n) is 3.71. The van der Waals surface area contributed by atoms with Crippen LogP contribution in [0.1, 0.15) is 10.5 Å². The second-order valence-electron chi connectivity index (χ2n) is 2.57. The van der Waals surface area contributed by atoms with Gasteiger partial charge in [-0.1, -0.05) is 0 Å². The number of aromatic carboxylic acids is 1. The number of thiazole rings is 1. The molecule has 0 aliphatic rings. The van der Waals surface area contributed by atoms with Gasteiger partial charge in [0.05, 0.1) is 9.98 Å². The molecule has 0 unspecified atom stereocenters. The number of furan rings is 1. The SMILES string of the molecule is O=C(O)c1ncsc1-c1cc(Br)c(Br)o1. The van der Waals surface area contributed by atoms with Crippen molar-refractivity contribution in [3.8, 4) is 10.6 Å². The van der Waals surface area contributed by atoms with Crippen molar-refractivity contribution in [2.75, 3.05) is 0 Å². The van der Waals surface area contributed by atoms with E-state index in [4.69, 9.17) is 9.52 Å². The zero-order valence-electron chi connectivity index (χ0n) is 7.03. The maximum Gasteiger partial charge on any atom is 0.356 e. The molecular formula is C8H3Br2NO3S. The van der Waals surface area contributed by atoms with Gasteiger partial charge in [-0.3, -0.25) is 0 Å². The Hall–Kier alpha value is -0.660. The van der Waals surface area contributed by atoms with Crippen molar-refractivity contribution in [1.82, 2.24) is 4.98 Å². The van der Waals surface area contributed by atoms with Crippen molar-refractivity contribution in [3.63, 3.8) is 0 Å². The number of aromatic nitrogens is 1. The minimum absolute atomic E-state index is 0.00810. The molecule has 2 aromatic heterocycles. The molecule has 0 radical (unpaired) electrons.